The van der Waals surface area contributed by atoms with Gasteiger partial charge in [-0.1, -0.05) is 32.0 Å². The summed E-state index contributed by atoms with van der Waals surface area (Å²) in [6.45, 7) is 7.09. The largest absolute Gasteiger partial charge is 0.378 e. The second kappa shape index (κ2) is 8.50. The van der Waals surface area contributed by atoms with E-state index in [0.29, 0.717) is 12.0 Å². The molecule has 0 spiro atoms. The average Bonchev–Trinajstić information content (AvgIpc) is 2.96. The van der Waals surface area contributed by atoms with Crippen molar-refractivity contribution >= 4 is 0 Å². The maximum atomic E-state index is 14.1. The smallest absolute Gasteiger partial charge is 0.126 e. The minimum Gasteiger partial charge on any atom is -0.378 e. The number of nitrogens with one attached hydrogen (secondary N) is 1. The van der Waals surface area contributed by atoms with E-state index in [9.17, 15) is 4.39 Å². The van der Waals surface area contributed by atoms with E-state index in [1.165, 1.54) is 6.42 Å². The van der Waals surface area contributed by atoms with E-state index in [0.717, 1.165) is 44.5 Å². The van der Waals surface area contributed by atoms with Crippen LogP contribution in [0.2, 0.25) is 0 Å². The van der Waals surface area contributed by atoms with E-state index in [2.05, 4.69) is 19.2 Å². The van der Waals surface area contributed by atoms with Gasteiger partial charge >= 0.3 is 0 Å². The van der Waals surface area contributed by atoms with Crippen LogP contribution in [0.15, 0.2) is 24.3 Å². The molecule has 1 saturated heterocycles. The van der Waals surface area contributed by atoms with Gasteiger partial charge in [-0.25, -0.2) is 4.39 Å². The highest BCUT2D eigenvalue weighted by Gasteiger charge is 2.20. The summed E-state index contributed by atoms with van der Waals surface area (Å²) >= 11 is 0. The topological polar surface area (TPSA) is 21.3 Å². The Bertz CT molecular complexity index is 415. The van der Waals surface area contributed by atoms with Crippen LogP contribution in [-0.4, -0.2) is 25.8 Å². The van der Waals surface area contributed by atoms with Gasteiger partial charge in [-0.2, -0.15) is 0 Å². The van der Waals surface area contributed by atoms with Crippen molar-refractivity contribution in [2.24, 2.45) is 5.92 Å². The zero-order valence-electron chi connectivity index (χ0n) is 13.3. The lowest BCUT2D eigenvalue weighted by molar-refractivity contribution is 0.100. The van der Waals surface area contributed by atoms with Crippen molar-refractivity contribution in [1.82, 2.24) is 5.32 Å². The Hall–Kier alpha value is -0.930. The zero-order chi connectivity index (χ0) is 15.1. The molecule has 0 radical (unpaired) electrons. The summed E-state index contributed by atoms with van der Waals surface area (Å²) in [7, 11) is 0. The first-order valence-electron chi connectivity index (χ1n) is 8.23. The number of rotatable bonds is 8. The second-order valence-corrected chi connectivity index (χ2v) is 6.48. The predicted molar refractivity (Wildman–Crippen MR) is 85.1 cm³/mol. The molecule has 21 heavy (non-hydrogen) atoms. The van der Waals surface area contributed by atoms with E-state index in [4.69, 9.17) is 4.74 Å². The van der Waals surface area contributed by atoms with Gasteiger partial charge in [0.15, 0.2) is 0 Å². The van der Waals surface area contributed by atoms with E-state index < -0.39 is 0 Å². The van der Waals surface area contributed by atoms with Crippen LogP contribution in [0.5, 0.6) is 0 Å². The van der Waals surface area contributed by atoms with Crippen LogP contribution >= 0.6 is 0 Å². The molecule has 2 nitrogen and oxygen atoms in total. The molecule has 2 atom stereocenters. The summed E-state index contributed by atoms with van der Waals surface area (Å²) in [5.41, 5.74) is 0.840. The van der Waals surface area contributed by atoms with Crippen molar-refractivity contribution in [2.45, 2.75) is 51.6 Å². The van der Waals surface area contributed by atoms with Crippen LogP contribution in [0.3, 0.4) is 0 Å². The van der Waals surface area contributed by atoms with Gasteiger partial charge in [-0.05, 0) is 55.7 Å². The molecular formula is C18H28FNO. The molecule has 0 saturated carbocycles. The highest BCUT2D eigenvalue weighted by atomic mass is 19.1. The Morgan fingerprint density at radius 3 is 2.76 bits per heavy atom. The summed E-state index contributed by atoms with van der Waals surface area (Å²) in [6.07, 6.45) is 4.72. The molecule has 1 fully saturated rings. The molecule has 2 rings (SSSR count). The molecule has 1 aliphatic heterocycles. The number of hydrogen-bond donors (Lipinski definition) is 1. The molecular weight excluding hydrogens is 265 g/mol. The summed E-state index contributed by atoms with van der Waals surface area (Å²) < 4.78 is 19.8. The van der Waals surface area contributed by atoms with Gasteiger partial charge in [-0.3, -0.25) is 0 Å². The second-order valence-electron chi connectivity index (χ2n) is 6.48. The van der Waals surface area contributed by atoms with Gasteiger partial charge in [0.05, 0.1) is 6.10 Å². The molecule has 2 unspecified atom stereocenters. The van der Waals surface area contributed by atoms with E-state index >= 15 is 0 Å². The van der Waals surface area contributed by atoms with E-state index in [-0.39, 0.29) is 11.7 Å². The van der Waals surface area contributed by atoms with Crippen molar-refractivity contribution in [3.05, 3.63) is 35.6 Å². The van der Waals surface area contributed by atoms with Crippen molar-refractivity contribution in [3.8, 4) is 0 Å². The van der Waals surface area contributed by atoms with Gasteiger partial charge in [0, 0.05) is 13.2 Å². The van der Waals surface area contributed by atoms with Crippen LogP contribution in [0, 0.1) is 11.7 Å². The molecule has 0 aliphatic carbocycles. The molecule has 0 aromatic heterocycles. The van der Waals surface area contributed by atoms with Crippen molar-refractivity contribution in [2.75, 3.05) is 19.7 Å². The Labute approximate surface area is 128 Å². The Morgan fingerprint density at radius 1 is 1.29 bits per heavy atom. The predicted octanol–water partition coefficient (Wildman–Crippen LogP) is 4.11. The maximum absolute atomic E-state index is 14.1. The van der Waals surface area contributed by atoms with Crippen LogP contribution < -0.4 is 5.32 Å². The molecule has 1 aromatic carbocycles. The molecule has 1 heterocycles. The van der Waals surface area contributed by atoms with Crippen molar-refractivity contribution in [3.63, 3.8) is 0 Å². The lowest BCUT2D eigenvalue weighted by atomic mass is 9.91. The molecule has 1 aliphatic rings. The first kappa shape index (κ1) is 16.4. The van der Waals surface area contributed by atoms with Crippen LogP contribution in [-0.2, 0) is 4.74 Å². The standard InChI is InChI=1S/C18H28FNO/c1-14(2)12-20-13-15(9-10-16-6-5-11-21-16)17-7-3-4-8-18(17)19/h3-4,7-8,14-16,20H,5-6,9-13H2,1-2H3. The Kier molecular flexibility index (Phi) is 6.65. The third-order valence-corrected chi connectivity index (χ3v) is 4.15. The van der Waals surface area contributed by atoms with Crippen LogP contribution in [0.1, 0.15) is 51.0 Å². The number of ether oxygens (including phenoxy) is 1. The molecule has 1 aromatic rings. The minimum absolute atomic E-state index is 0.0822. The third kappa shape index (κ3) is 5.40. The maximum Gasteiger partial charge on any atom is 0.126 e. The van der Waals surface area contributed by atoms with Gasteiger partial charge in [0.25, 0.3) is 0 Å². The van der Waals surface area contributed by atoms with Crippen molar-refractivity contribution in [1.29, 1.82) is 0 Å². The molecule has 0 bridgehead atoms. The third-order valence-electron chi connectivity index (χ3n) is 4.15. The fourth-order valence-corrected chi connectivity index (χ4v) is 2.98. The summed E-state index contributed by atoms with van der Waals surface area (Å²) in [5.74, 6) is 0.764. The SMILES string of the molecule is CC(C)CNCC(CCC1CCCO1)c1ccccc1F. The molecule has 118 valence electrons. The summed E-state index contributed by atoms with van der Waals surface area (Å²) in [6, 6.07) is 7.18. The zero-order valence-corrected chi connectivity index (χ0v) is 13.3. The normalized spacial score (nSPS) is 20.1. The lowest BCUT2D eigenvalue weighted by Crippen LogP contribution is -2.26. The van der Waals surface area contributed by atoms with E-state index in [1.807, 2.05) is 12.1 Å². The molecule has 3 heteroatoms. The van der Waals surface area contributed by atoms with Crippen LogP contribution in [0.4, 0.5) is 4.39 Å². The summed E-state index contributed by atoms with van der Waals surface area (Å²) in [4.78, 5) is 0. The van der Waals surface area contributed by atoms with E-state index in [1.54, 1.807) is 12.1 Å². The number of halogens is 1. The molecule has 1 N–H and O–H groups in total. The number of hydrogen-bond acceptors (Lipinski definition) is 2. The highest BCUT2D eigenvalue weighted by Crippen LogP contribution is 2.27. The fraction of sp³-hybridized carbons (Fsp3) is 0.667. The van der Waals surface area contributed by atoms with Gasteiger partial charge < -0.3 is 10.1 Å². The Morgan fingerprint density at radius 2 is 2.10 bits per heavy atom. The quantitative estimate of drug-likeness (QED) is 0.778. The monoisotopic (exact) mass is 293 g/mol. The lowest BCUT2D eigenvalue weighted by Gasteiger charge is -2.21. The van der Waals surface area contributed by atoms with Crippen molar-refractivity contribution < 1.29 is 9.13 Å². The number of benzene rings is 1. The van der Waals surface area contributed by atoms with Gasteiger partial charge in [-0.15, -0.1) is 0 Å². The Balaban J connectivity index is 1.93. The fourth-order valence-electron chi connectivity index (χ4n) is 2.98. The van der Waals surface area contributed by atoms with Gasteiger partial charge in [0.1, 0.15) is 5.82 Å². The summed E-state index contributed by atoms with van der Waals surface area (Å²) in [5, 5.41) is 3.48. The average molecular weight is 293 g/mol. The van der Waals surface area contributed by atoms with Gasteiger partial charge in [0.2, 0.25) is 0 Å². The first-order chi connectivity index (χ1) is 10.2. The highest BCUT2D eigenvalue weighted by molar-refractivity contribution is 5.22. The van der Waals surface area contributed by atoms with Crippen LogP contribution in [0.25, 0.3) is 0 Å². The molecule has 0 amide bonds. The minimum atomic E-state index is -0.0822. The first-order valence-corrected chi connectivity index (χ1v) is 8.23.